The van der Waals surface area contributed by atoms with Gasteiger partial charge < -0.3 is 15.2 Å². The van der Waals surface area contributed by atoms with Gasteiger partial charge in [-0.25, -0.2) is 9.18 Å². The molecule has 0 spiro atoms. The van der Waals surface area contributed by atoms with Crippen LogP contribution in [0.2, 0.25) is 0 Å². The summed E-state index contributed by atoms with van der Waals surface area (Å²) in [5, 5.41) is 13.6. The maximum atomic E-state index is 14.2. The number of aliphatic hydroxyl groups is 1. The van der Waals surface area contributed by atoms with E-state index in [1.165, 1.54) is 6.07 Å². The fourth-order valence-corrected chi connectivity index (χ4v) is 4.65. The van der Waals surface area contributed by atoms with Gasteiger partial charge in [0.2, 0.25) is 0 Å². The van der Waals surface area contributed by atoms with Gasteiger partial charge >= 0.3 is 6.09 Å². The van der Waals surface area contributed by atoms with E-state index in [0.29, 0.717) is 11.1 Å². The van der Waals surface area contributed by atoms with Crippen LogP contribution in [-0.4, -0.2) is 23.9 Å². The normalized spacial score (nSPS) is 16.7. The number of amides is 1. The van der Waals surface area contributed by atoms with E-state index < -0.39 is 18.2 Å². The van der Waals surface area contributed by atoms with Gasteiger partial charge in [-0.2, -0.15) is 0 Å². The second-order valence-electron chi connectivity index (χ2n) is 8.78. The van der Waals surface area contributed by atoms with E-state index >= 15 is 0 Å². The number of alkyl carbamates (subject to hydrolysis) is 1. The van der Waals surface area contributed by atoms with E-state index in [1.54, 1.807) is 19.1 Å². The molecule has 2 aliphatic rings. The minimum absolute atomic E-state index is 0.0447. The van der Waals surface area contributed by atoms with Gasteiger partial charge in [0.15, 0.2) is 0 Å². The summed E-state index contributed by atoms with van der Waals surface area (Å²) in [6.07, 6.45) is 0.409. The lowest BCUT2D eigenvalue weighted by Gasteiger charge is -2.25. The summed E-state index contributed by atoms with van der Waals surface area (Å²) in [7, 11) is 0. The van der Waals surface area contributed by atoms with Gasteiger partial charge in [0.05, 0.1) is 12.1 Å². The first kappa shape index (κ1) is 20.7. The van der Waals surface area contributed by atoms with Gasteiger partial charge in [-0.05, 0) is 65.1 Å². The second kappa shape index (κ2) is 8.40. The van der Waals surface area contributed by atoms with E-state index in [0.717, 1.165) is 35.1 Å². The third-order valence-electron chi connectivity index (χ3n) is 6.62. The van der Waals surface area contributed by atoms with Gasteiger partial charge in [-0.15, -0.1) is 0 Å². The molecular weight excluding hydrogens is 405 g/mol. The lowest BCUT2D eigenvalue weighted by molar-refractivity contribution is 0.0901. The summed E-state index contributed by atoms with van der Waals surface area (Å²) in [5.74, 6) is -0.292. The summed E-state index contributed by atoms with van der Waals surface area (Å²) < 4.78 is 19.8. The molecule has 0 aromatic heterocycles. The van der Waals surface area contributed by atoms with E-state index in [4.69, 9.17) is 4.74 Å². The average molecular weight is 432 g/mol. The summed E-state index contributed by atoms with van der Waals surface area (Å²) in [6.45, 7) is 1.87. The molecule has 3 aromatic carbocycles. The van der Waals surface area contributed by atoms with Gasteiger partial charge in [0, 0.05) is 5.92 Å². The third kappa shape index (κ3) is 3.89. The largest absolute Gasteiger partial charge is 0.449 e. The van der Waals surface area contributed by atoms with Crippen LogP contribution in [0.3, 0.4) is 0 Å². The Morgan fingerprint density at radius 1 is 1.06 bits per heavy atom. The Morgan fingerprint density at radius 2 is 1.69 bits per heavy atom. The number of ether oxygens (including phenoxy) is 1. The predicted molar refractivity (Wildman–Crippen MR) is 121 cm³/mol. The molecule has 4 nitrogen and oxygen atoms in total. The number of fused-ring (bicyclic) bond motifs is 3. The first-order valence-electron chi connectivity index (χ1n) is 11.1. The maximum absolute atomic E-state index is 14.2. The molecule has 1 fully saturated rings. The lowest BCUT2D eigenvalue weighted by atomic mass is 9.97. The molecule has 1 saturated carbocycles. The molecule has 5 heteroatoms. The molecule has 3 aromatic rings. The molecule has 5 rings (SSSR count). The predicted octanol–water partition coefficient (Wildman–Crippen LogP) is 5.48. The zero-order valence-corrected chi connectivity index (χ0v) is 17.9. The number of benzene rings is 3. The van der Waals surface area contributed by atoms with Gasteiger partial charge in [0.25, 0.3) is 0 Å². The van der Waals surface area contributed by atoms with Crippen molar-refractivity contribution in [3.63, 3.8) is 0 Å². The highest BCUT2D eigenvalue weighted by Crippen LogP contribution is 2.44. The van der Waals surface area contributed by atoms with E-state index in [2.05, 4.69) is 29.6 Å². The van der Waals surface area contributed by atoms with Crippen molar-refractivity contribution in [1.82, 2.24) is 5.32 Å². The van der Waals surface area contributed by atoms with Crippen molar-refractivity contribution < 1.29 is 19.0 Å². The van der Waals surface area contributed by atoms with Crippen LogP contribution in [0.4, 0.5) is 9.18 Å². The molecule has 0 bridgehead atoms. The SMILES string of the molecule is Cc1ccc(C(NC(=O)OCC2c3ccccc3-c3ccccc32)C(O)C2CC2)cc1F. The number of halogens is 1. The zero-order valence-electron chi connectivity index (χ0n) is 17.9. The Bertz CT molecular complexity index is 1110. The average Bonchev–Trinajstić information content (AvgIpc) is 3.61. The van der Waals surface area contributed by atoms with Crippen LogP contribution in [0.1, 0.15) is 47.1 Å². The molecule has 0 heterocycles. The van der Waals surface area contributed by atoms with E-state index in [1.807, 2.05) is 24.3 Å². The van der Waals surface area contributed by atoms with Crippen LogP contribution in [0.25, 0.3) is 11.1 Å². The van der Waals surface area contributed by atoms with E-state index in [9.17, 15) is 14.3 Å². The summed E-state index contributed by atoms with van der Waals surface area (Å²) >= 11 is 0. The number of nitrogens with one attached hydrogen (secondary N) is 1. The molecule has 0 aliphatic heterocycles. The summed E-state index contributed by atoms with van der Waals surface area (Å²) in [6, 6.07) is 20.4. The number of carbonyl (C=O) groups excluding carboxylic acids is 1. The Balaban J connectivity index is 1.32. The highest BCUT2D eigenvalue weighted by molar-refractivity contribution is 5.79. The molecule has 2 aliphatic carbocycles. The summed E-state index contributed by atoms with van der Waals surface area (Å²) in [4.78, 5) is 12.8. The smallest absolute Gasteiger partial charge is 0.407 e. The Kier molecular flexibility index (Phi) is 5.43. The number of rotatable bonds is 6. The van der Waals surface area contributed by atoms with Crippen molar-refractivity contribution in [2.75, 3.05) is 6.61 Å². The first-order valence-corrected chi connectivity index (χ1v) is 11.1. The molecular formula is C27H26FNO3. The molecule has 2 unspecified atom stereocenters. The van der Waals surface area contributed by atoms with Crippen LogP contribution >= 0.6 is 0 Å². The van der Waals surface area contributed by atoms with Gasteiger partial charge in [0.1, 0.15) is 12.4 Å². The van der Waals surface area contributed by atoms with Crippen LogP contribution in [0.15, 0.2) is 66.7 Å². The monoisotopic (exact) mass is 431 g/mol. The number of hydrogen-bond donors (Lipinski definition) is 2. The molecule has 164 valence electrons. The fraction of sp³-hybridized carbons (Fsp3) is 0.296. The number of hydrogen-bond acceptors (Lipinski definition) is 3. The Hall–Kier alpha value is -3.18. The summed E-state index contributed by atoms with van der Waals surface area (Å²) in [5.41, 5.74) is 5.66. The van der Waals surface area contributed by atoms with Crippen LogP contribution in [-0.2, 0) is 4.74 Å². The lowest BCUT2D eigenvalue weighted by Crippen LogP contribution is -2.38. The Labute approximate surface area is 187 Å². The van der Waals surface area contributed by atoms with Crippen molar-refractivity contribution in [3.8, 4) is 11.1 Å². The minimum atomic E-state index is -0.780. The van der Waals surface area contributed by atoms with Crippen molar-refractivity contribution in [2.45, 2.75) is 37.8 Å². The number of aryl methyl sites for hydroxylation is 1. The van der Waals surface area contributed by atoms with Crippen molar-refractivity contribution in [2.24, 2.45) is 5.92 Å². The molecule has 0 saturated heterocycles. The number of carbonyl (C=O) groups is 1. The number of aliphatic hydroxyl groups excluding tert-OH is 1. The van der Waals surface area contributed by atoms with Crippen LogP contribution < -0.4 is 5.32 Å². The van der Waals surface area contributed by atoms with Crippen molar-refractivity contribution >= 4 is 6.09 Å². The maximum Gasteiger partial charge on any atom is 0.407 e. The van der Waals surface area contributed by atoms with Gasteiger partial charge in [-0.3, -0.25) is 0 Å². The molecule has 2 N–H and O–H groups in total. The molecule has 32 heavy (non-hydrogen) atoms. The van der Waals surface area contributed by atoms with Crippen molar-refractivity contribution in [3.05, 3.63) is 94.8 Å². The highest BCUT2D eigenvalue weighted by Gasteiger charge is 2.37. The quantitative estimate of drug-likeness (QED) is 0.543. The second-order valence-corrected chi connectivity index (χ2v) is 8.78. The van der Waals surface area contributed by atoms with Crippen LogP contribution in [0, 0.1) is 18.7 Å². The molecule has 1 amide bonds. The molecule has 0 radical (unpaired) electrons. The Morgan fingerprint density at radius 3 is 2.28 bits per heavy atom. The highest BCUT2D eigenvalue weighted by atomic mass is 19.1. The third-order valence-corrected chi connectivity index (χ3v) is 6.62. The minimum Gasteiger partial charge on any atom is -0.449 e. The van der Waals surface area contributed by atoms with Crippen LogP contribution in [0.5, 0.6) is 0 Å². The topological polar surface area (TPSA) is 58.6 Å². The van der Waals surface area contributed by atoms with Crippen molar-refractivity contribution in [1.29, 1.82) is 0 Å². The van der Waals surface area contributed by atoms with E-state index in [-0.39, 0.29) is 24.3 Å². The van der Waals surface area contributed by atoms with Gasteiger partial charge in [-0.1, -0.05) is 60.7 Å². The standard InChI is InChI=1S/C27H26FNO3/c1-16-10-11-18(14-24(16)28)25(26(30)17-12-13-17)29-27(31)32-15-23-21-8-4-2-6-19(21)20-7-3-5-9-22(20)23/h2-11,14,17,23,25-26,30H,12-13,15H2,1H3,(H,29,31). The zero-order chi connectivity index (χ0) is 22.2. The fourth-order valence-electron chi connectivity index (χ4n) is 4.65. The molecule has 2 atom stereocenters. The first-order chi connectivity index (χ1) is 15.5.